The number of unbranched alkanes of at least 4 members (excludes halogenated alkanes) is 3. The highest BCUT2D eigenvalue weighted by Crippen LogP contribution is 2.45. The summed E-state index contributed by atoms with van der Waals surface area (Å²) in [5.74, 6) is 2.28. The highest BCUT2D eigenvalue weighted by atomic mass is 14.4. The van der Waals surface area contributed by atoms with Crippen LogP contribution in [-0.2, 0) is 0 Å². The maximum atomic E-state index is 2.31. The molecule has 0 aliphatic heterocycles. The van der Waals surface area contributed by atoms with Gasteiger partial charge in [-0.3, -0.25) is 0 Å². The molecular weight excluding hydrogens is 144 g/mol. The van der Waals surface area contributed by atoms with Gasteiger partial charge in [0.15, 0.2) is 0 Å². The summed E-state index contributed by atoms with van der Waals surface area (Å²) in [7, 11) is 0. The number of hydrogen-bond donors (Lipinski definition) is 0. The average Bonchev–Trinajstić information content (AvgIpc) is 2.79. The van der Waals surface area contributed by atoms with Crippen molar-refractivity contribution >= 4 is 0 Å². The Balaban J connectivity index is 1.83. The van der Waals surface area contributed by atoms with Crippen LogP contribution >= 0.6 is 0 Å². The molecule has 1 rings (SSSR count). The zero-order chi connectivity index (χ0) is 8.81. The quantitative estimate of drug-likeness (QED) is 0.494. The van der Waals surface area contributed by atoms with Gasteiger partial charge in [0.1, 0.15) is 0 Å². The topological polar surface area (TPSA) is 0 Å². The SMILES string of the molecule is CCCCCC[C@@H]1C[C@@H]1CCC. The maximum absolute atomic E-state index is 2.31. The summed E-state index contributed by atoms with van der Waals surface area (Å²) in [5, 5.41) is 0. The molecule has 1 aliphatic carbocycles. The summed E-state index contributed by atoms with van der Waals surface area (Å²) in [6, 6.07) is 0. The lowest BCUT2D eigenvalue weighted by Gasteiger charge is -1.98. The van der Waals surface area contributed by atoms with Crippen molar-refractivity contribution in [3.05, 3.63) is 0 Å². The molecule has 0 saturated heterocycles. The van der Waals surface area contributed by atoms with E-state index in [9.17, 15) is 0 Å². The Morgan fingerprint density at radius 2 is 1.58 bits per heavy atom. The summed E-state index contributed by atoms with van der Waals surface area (Å²) in [4.78, 5) is 0. The fourth-order valence-corrected chi connectivity index (χ4v) is 2.22. The molecule has 0 unspecified atom stereocenters. The molecular formula is C12H24. The summed E-state index contributed by atoms with van der Waals surface area (Å²) in [5.41, 5.74) is 0. The third-order valence-electron chi connectivity index (χ3n) is 3.16. The monoisotopic (exact) mass is 168 g/mol. The van der Waals surface area contributed by atoms with Crippen molar-refractivity contribution in [2.75, 3.05) is 0 Å². The van der Waals surface area contributed by atoms with Crippen LogP contribution in [-0.4, -0.2) is 0 Å². The molecule has 0 radical (unpaired) electrons. The van der Waals surface area contributed by atoms with Crippen molar-refractivity contribution in [3.63, 3.8) is 0 Å². The van der Waals surface area contributed by atoms with E-state index in [0.29, 0.717) is 0 Å². The molecule has 12 heavy (non-hydrogen) atoms. The first-order chi connectivity index (χ1) is 5.88. The number of rotatable bonds is 7. The van der Waals surface area contributed by atoms with Crippen molar-refractivity contribution in [2.45, 2.75) is 65.2 Å². The van der Waals surface area contributed by atoms with Crippen LogP contribution in [0.1, 0.15) is 65.2 Å². The van der Waals surface area contributed by atoms with Crippen molar-refractivity contribution in [1.82, 2.24) is 0 Å². The zero-order valence-corrected chi connectivity index (χ0v) is 8.81. The Morgan fingerprint density at radius 1 is 0.833 bits per heavy atom. The smallest absolute Gasteiger partial charge is 0.0383 e. The molecule has 72 valence electrons. The lowest BCUT2D eigenvalue weighted by molar-refractivity contribution is 0.550. The van der Waals surface area contributed by atoms with Crippen molar-refractivity contribution in [2.24, 2.45) is 11.8 Å². The van der Waals surface area contributed by atoms with Crippen molar-refractivity contribution < 1.29 is 0 Å². The molecule has 0 aromatic heterocycles. The highest BCUT2D eigenvalue weighted by molar-refractivity contribution is 4.85. The van der Waals surface area contributed by atoms with Crippen LogP contribution in [0.25, 0.3) is 0 Å². The standard InChI is InChI=1S/C12H24/c1-3-5-6-7-9-12-10-11(12)8-4-2/h11-12H,3-10H2,1-2H3/t11-,12+/m0/s1. The third kappa shape index (κ3) is 3.60. The lowest BCUT2D eigenvalue weighted by atomic mass is 10.1. The molecule has 1 saturated carbocycles. The van der Waals surface area contributed by atoms with Crippen LogP contribution in [0.2, 0.25) is 0 Å². The van der Waals surface area contributed by atoms with E-state index in [4.69, 9.17) is 0 Å². The Kier molecular flexibility index (Phi) is 4.72. The van der Waals surface area contributed by atoms with E-state index < -0.39 is 0 Å². The summed E-state index contributed by atoms with van der Waals surface area (Å²) in [6.07, 6.45) is 11.8. The fourth-order valence-electron chi connectivity index (χ4n) is 2.22. The zero-order valence-electron chi connectivity index (χ0n) is 8.81. The summed E-state index contributed by atoms with van der Waals surface area (Å²) in [6.45, 7) is 4.60. The lowest BCUT2D eigenvalue weighted by Crippen LogP contribution is -1.84. The van der Waals surface area contributed by atoms with Crippen LogP contribution in [0.5, 0.6) is 0 Å². The first kappa shape index (κ1) is 10.1. The second kappa shape index (κ2) is 5.61. The van der Waals surface area contributed by atoms with E-state index in [-0.39, 0.29) is 0 Å². The van der Waals surface area contributed by atoms with Crippen molar-refractivity contribution in [3.8, 4) is 0 Å². The Morgan fingerprint density at radius 3 is 2.25 bits per heavy atom. The van der Waals surface area contributed by atoms with E-state index in [1.807, 2.05) is 0 Å². The van der Waals surface area contributed by atoms with Crippen molar-refractivity contribution in [1.29, 1.82) is 0 Å². The first-order valence-electron chi connectivity index (χ1n) is 5.88. The van der Waals surface area contributed by atoms with Crippen LogP contribution in [0.3, 0.4) is 0 Å². The van der Waals surface area contributed by atoms with Gasteiger partial charge in [-0.25, -0.2) is 0 Å². The Labute approximate surface area is 77.7 Å². The predicted molar refractivity (Wildman–Crippen MR) is 55.3 cm³/mol. The second-order valence-electron chi connectivity index (χ2n) is 4.39. The van der Waals surface area contributed by atoms with E-state index in [0.717, 1.165) is 11.8 Å². The average molecular weight is 168 g/mol. The molecule has 1 aliphatic rings. The highest BCUT2D eigenvalue weighted by Gasteiger charge is 2.34. The molecule has 0 bridgehead atoms. The number of hydrogen-bond acceptors (Lipinski definition) is 0. The van der Waals surface area contributed by atoms with Gasteiger partial charge >= 0.3 is 0 Å². The van der Waals surface area contributed by atoms with E-state index in [2.05, 4.69) is 13.8 Å². The summed E-state index contributed by atoms with van der Waals surface area (Å²) < 4.78 is 0. The van der Waals surface area contributed by atoms with Gasteiger partial charge in [0, 0.05) is 0 Å². The van der Waals surface area contributed by atoms with Gasteiger partial charge in [-0.05, 0) is 18.3 Å². The van der Waals surface area contributed by atoms with Gasteiger partial charge < -0.3 is 0 Å². The van der Waals surface area contributed by atoms with Gasteiger partial charge in [-0.1, -0.05) is 58.8 Å². The van der Waals surface area contributed by atoms with E-state index in [1.165, 1.54) is 44.9 Å². The van der Waals surface area contributed by atoms with Crippen LogP contribution < -0.4 is 0 Å². The molecule has 0 aromatic rings. The second-order valence-corrected chi connectivity index (χ2v) is 4.39. The molecule has 0 heterocycles. The minimum atomic E-state index is 1.14. The Bertz CT molecular complexity index is 107. The summed E-state index contributed by atoms with van der Waals surface area (Å²) >= 11 is 0. The van der Waals surface area contributed by atoms with Gasteiger partial charge in [0.05, 0.1) is 0 Å². The minimum absolute atomic E-state index is 1.14. The normalized spacial score (nSPS) is 27.5. The van der Waals surface area contributed by atoms with Gasteiger partial charge in [-0.15, -0.1) is 0 Å². The van der Waals surface area contributed by atoms with Gasteiger partial charge in [0.2, 0.25) is 0 Å². The minimum Gasteiger partial charge on any atom is -0.0654 e. The molecule has 0 heteroatoms. The molecule has 0 spiro atoms. The predicted octanol–water partition coefficient (Wildman–Crippen LogP) is 4.39. The molecule has 0 aromatic carbocycles. The van der Waals surface area contributed by atoms with Crippen LogP contribution in [0.15, 0.2) is 0 Å². The Hall–Kier alpha value is 0. The first-order valence-corrected chi connectivity index (χ1v) is 5.88. The van der Waals surface area contributed by atoms with E-state index in [1.54, 1.807) is 6.42 Å². The van der Waals surface area contributed by atoms with E-state index >= 15 is 0 Å². The molecule has 1 fully saturated rings. The molecule has 0 N–H and O–H groups in total. The third-order valence-corrected chi connectivity index (χ3v) is 3.16. The maximum Gasteiger partial charge on any atom is -0.0383 e. The molecule has 0 nitrogen and oxygen atoms in total. The fraction of sp³-hybridized carbons (Fsp3) is 1.00. The van der Waals surface area contributed by atoms with Gasteiger partial charge in [0.25, 0.3) is 0 Å². The largest absolute Gasteiger partial charge is 0.0654 e. The van der Waals surface area contributed by atoms with Gasteiger partial charge in [-0.2, -0.15) is 0 Å². The molecule has 2 atom stereocenters. The van der Waals surface area contributed by atoms with Crippen LogP contribution in [0.4, 0.5) is 0 Å². The van der Waals surface area contributed by atoms with Crippen LogP contribution in [0, 0.1) is 11.8 Å². The molecule has 0 amide bonds.